The molecule has 0 aliphatic carbocycles. The minimum Gasteiger partial charge on any atom is -0.389 e. The second-order valence-corrected chi connectivity index (χ2v) is 4.43. The summed E-state index contributed by atoms with van der Waals surface area (Å²) >= 11 is 0. The van der Waals surface area contributed by atoms with Gasteiger partial charge in [0.2, 0.25) is 0 Å². The summed E-state index contributed by atoms with van der Waals surface area (Å²) in [5.74, 6) is -0.259. The van der Waals surface area contributed by atoms with Crippen molar-refractivity contribution in [2.24, 2.45) is 0 Å². The number of aliphatic hydroxyl groups is 1. The summed E-state index contributed by atoms with van der Waals surface area (Å²) in [4.78, 5) is 2.04. The zero-order chi connectivity index (χ0) is 13.0. The third-order valence-corrected chi connectivity index (χ3v) is 3.23. The molecule has 0 amide bonds. The monoisotopic (exact) mass is 239 g/mol. The number of nitrogens with zero attached hydrogens (tertiary/aromatic N) is 1. The van der Waals surface area contributed by atoms with E-state index in [2.05, 4.69) is 13.8 Å². The van der Waals surface area contributed by atoms with Gasteiger partial charge < -0.3 is 10.0 Å². The van der Waals surface area contributed by atoms with E-state index in [4.69, 9.17) is 0 Å². The molecule has 0 radical (unpaired) electrons. The van der Waals surface area contributed by atoms with Crippen LogP contribution in [-0.2, 0) is 0 Å². The molecule has 0 aliphatic rings. The highest BCUT2D eigenvalue weighted by molar-refractivity contribution is 5.50. The summed E-state index contributed by atoms with van der Waals surface area (Å²) < 4.78 is 14.0. The van der Waals surface area contributed by atoms with E-state index < -0.39 is 6.10 Å². The Kier molecular flexibility index (Phi) is 4.94. The third-order valence-electron chi connectivity index (χ3n) is 3.23. The van der Waals surface area contributed by atoms with Crippen molar-refractivity contribution in [3.63, 3.8) is 0 Å². The molecule has 0 aliphatic heterocycles. The normalized spacial score (nSPS) is 14.5. The van der Waals surface area contributed by atoms with Crippen molar-refractivity contribution in [2.75, 3.05) is 11.4 Å². The molecule has 0 bridgehead atoms. The summed E-state index contributed by atoms with van der Waals surface area (Å²) in [5, 5.41) is 9.41. The van der Waals surface area contributed by atoms with Crippen LogP contribution in [0.4, 0.5) is 10.1 Å². The maximum atomic E-state index is 14.0. The topological polar surface area (TPSA) is 23.5 Å². The fourth-order valence-electron chi connectivity index (χ4n) is 1.96. The average Bonchev–Trinajstić information content (AvgIpc) is 2.31. The van der Waals surface area contributed by atoms with Crippen LogP contribution in [0.15, 0.2) is 18.2 Å². The molecule has 0 aromatic heterocycles. The molecule has 2 nitrogen and oxygen atoms in total. The summed E-state index contributed by atoms with van der Waals surface area (Å²) in [6, 6.07) is 5.28. The van der Waals surface area contributed by atoms with Crippen LogP contribution >= 0.6 is 0 Å². The Bertz CT molecular complexity index is 365. The Labute approximate surface area is 103 Å². The van der Waals surface area contributed by atoms with Crippen molar-refractivity contribution in [1.82, 2.24) is 0 Å². The molecule has 1 aromatic rings. The van der Waals surface area contributed by atoms with Crippen molar-refractivity contribution in [2.45, 2.75) is 46.3 Å². The van der Waals surface area contributed by atoms with Crippen LogP contribution in [0.1, 0.15) is 45.8 Å². The van der Waals surface area contributed by atoms with E-state index in [0.29, 0.717) is 17.3 Å². The third kappa shape index (κ3) is 3.19. The van der Waals surface area contributed by atoms with Gasteiger partial charge in [-0.25, -0.2) is 4.39 Å². The van der Waals surface area contributed by atoms with E-state index in [0.717, 1.165) is 13.0 Å². The molecule has 0 heterocycles. The number of halogens is 1. The number of aliphatic hydroxyl groups excluding tert-OH is 1. The highest BCUT2D eigenvalue weighted by atomic mass is 19.1. The largest absolute Gasteiger partial charge is 0.389 e. The fourth-order valence-corrected chi connectivity index (χ4v) is 1.96. The van der Waals surface area contributed by atoms with Crippen molar-refractivity contribution in [1.29, 1.82) is 0 Å². The number of anilines is 1. The smallest absolute Gasteiger partial charge is 0.146 e. The second kappa shape index (κ2) is 6.01. The van der Waals surface area contributed by atoms with Gasteiger partial charge in [-0.3, -0.25) is 0 Å². The first-order valence-electron chi connectivity index (χ1n) is 6.25. The Hall–Kier alpha value is -1.09. The zero-order valence-corrected chi connectivity index (χ0v) is 11.1. The van der Waals surface area contributed by atoms with Crippen molar-refractivity contribution < 1.29 is 9.50 Å². The maximum Gasteiger partial charge on any atom is 0.146 e. The van der Waals surface area contributed by atoms with Crippen molar-refractivity contribution >= 4 is 5.69 Å². The minimum absolute atomic E-state index is 0.259. The summed E-state index contributed by atoms with van der Waals surface area (Å²) in [6.07, 6.45) is 0.350. The van der Waals surface area contributed by atoms with E-state index in [-0.39, 0.29) is 5.82 Å². The van der Waals surface area contributed by atoms with Gasteiger partial charge in [-0.2, -0.15) is 0 Å². The SMILES string of the molecule is CCC(C)N(CC)c1ccc([C@@H](C)O)cc1F. The maximum absolute atomic E-state index is 14.0. The number of hydrogen-bond acceptors (Lipinski definition) is 2. The highest BCUT2D eigenvalue weighted by Gasteiger charge is 2.16. The van der Waals surface area contributed by atoms with E-state index in [1.165, 1.54) is 6.07 Å². The van der Waals surface area contributed by atoms with Gasteiger partial charge in [0.25, 0.3) is 0 Å². The van der Waals surface area contributed by atoms with Gasteiger partial charge in [-0.1, -0.05) is 13.0 Å². The van der Waals surface area contributed by atoms with Crippen molar-refractivity contribution in [3.8, 4) is 0 Å². The molecule has 2 atom stereocenters. The molecular formula is C14H22FNO. The van der Waals surface area contributed by atoms with Crippen LogP contribution in [0.25, 0.3) is 0 Å². The van der Waals surface area contributed by atoms with Crippen molar-refractivity contribution in [3.05, 3.63) is 29.6 Å². The molecule has 17 heavy (non-hydrogen) atoms. The van der Waals surface area contributed by atoms with Crippen LogP contribution in [0.5, 0.6) is 0 Å². The van der Waals surface area contributed by atoms with Crippen LogP contribution in [0.3, 0.4) is 0 Å². The number of hydrogen-bond donors (Lipinski definition) is 1. The lowest BCUT2D eigenvalue weighted by Gasteiger charge is -2.30. The molecule has 0 saturated heterocycles. The molecule has 96 valence electrons. The number of rotatable bonds is 5. The minimum atomic E-state index is -0.628. The van der Waals surface area contributed by atoms with E-state index >= 15 is 0 Å². The lowest BCUT2D eigenvalue weighted by atomic mass is 10.1. The number of benzene rings is 1. The molecule has 1 aromatic carbocycles. The van der Waals surface area contributed by atoms with Gasteiger partial charge >= 0.3 is 0 Å². The molecule has 0 spiro atoms. The lowest BCUT2D eigenvalue weighted by Crippen LogP contribution is -2.33. The standard InChI is InChI=1S/C14H22FNO/c1-5-10(3)16(6-2)14-8-7-12(11(4)17)9-13(14)15/h7-11,17H,5-6H2,1-4H3/t10?,11-/m1/s1. The van der Waals surface area contributed by atoms with Gasteiger partial charge in [0.15, 0.2) is 0 Å². The molecule has 0 fully saturated rings. The first kappa shape index (κ1) is 14.0. The van der Waals surface area contributed by atoms with Gasteiger partial charge in [0.1, 0.15) is 5.82 Å². The van der Waals surface area contributed by atoms with Crippen LogP contribution in [-0.4, -0.2) is 17.7 Å². The molecule has 0 saturated carbocycles. The Balaban J connectivity index is 3.05. The Morgan fingerprint density at radius 2 is 1.94 bits per heavy atom. The first-order chi connectivity index (χ1) is 8.01. The molecule has 1 unspecified atom stereocenters. The quantitative estimate of drug-likeness (QED) is 0.850. The highest BCUT2D eigenvalue weighted by Crippen LogP contribution is 2.25. The summed E-state index contributed by atoms with van der Waals surface area (Å²) in [7, 11) is 0. The zero-order valence-electron chi connectivity index (χ0n) is 11.1. The van der Waals surface area contributed by atoms with E-state index in [1.54, 1.807) is 19.1 Å². The van der Waals surface area contributed by atoms with E-state index in [1.807, 2.05) is 11.8 Å². The van der Waals surface area contributed by atoms with Crippen LogP contribution in [0.2, 0.25) is 0 Å². The van der Waals surface area contributed by atoms with Crippen LogP contribution < -0.4 is 4.90 Å². The van der Waals surface area contributed by atoms with E-state index in [9.17, 15) is 9.50 Å². The summed E-state index contributed by atoms with van der Waals surface area (Å²) in [6.45, 7) is 8.62. The molecule has 1 N–H and O–H groups in total. The Morgan fingerprint density at radius 1 is 1.29 bits per heavy atom. The predicted molar refractivity (Wildman–Crippen MR) is 69.8 cm³/mol. The van der Waals surface area contributed by atoms with Crippen LogP contribution in [0, 0.1) is 5.82 Å². The first-order valence-corrected chi connectivity index (χ1v) is 6.25. The summed E-state index contributed by atoms with van der Waals surface area (Å²) in [5.41, 5.74) is 1.23. The molecule has 1 rings (SSSR count). The van der Waals surface area contributed by atoms with Gasteiger partial charge in [0.05, 0.1) is 11.8 Å². The Morgan fingerprint density at radius 3 is 2.35 bits per heavy atom. The molecule has 3 heteroatoms. The average molecular weight is 239 g/mol. The predicted octanol–water partition coefficient (Wildman–Crippen LogP) is 3.50. The molecular weight excluding hydrogens is 217 g/mol. The van der Waals surface area contributed by atoms with Gasteiger partial charge in [0, 0.05) is 12.6 Å². The van der Waals surface area contributed by atoms with Gasteiger partial charge in [-0.05, 0) is 44.9 Å². The fraction of sp³-hybridized carbons (Fsp3) is 0.571. The van der Waals surface area contributed by atoms with Gasteiger partial charge in [-0.15, -0.1) is 0 Å². The lowest BCUT2D eigenvalue weighted by molar-refractivity contribution is 0.199. The second-order valence-electron chi connectivity index (χ2n) is 4.43.